The number of carbonyl (C=O) groups is 1. The lowest BCUT2D eigenvalue weighted by Gasteiger charge is -1.94. The number of nitrogens with zero attached hydrogens (tertiary/aromatic N) is 4. The minimum absolute atomic E-state index is 0.0336. The zero-order valence-corrected chi connectivity index (χ0v) is 10.5. The van der Waals surface area contributed by atoms with Gasteiger partial charge in [-0.05, 0) is 24.3 Å². The van der Waals surface area contributed by atoms with E-state index in [1.807, 2.05) is 0 Å². The molecule has 1 N–H and O–H groups in total. The number of nitro benzene ring substituents is 1. The highest BCUT2D eigenvalue weighted by Crippen LogP contribution is 2.21. The summed E-state index contributed by atoms with van der Waals surface area (Å²) in [6.45, 7) is 0. The number of non-ortho nitro benzene ring substituents is 1. The maximum atomic E-state index is 11.1. The summed E-state index contributed by atoms with van der Waals surface area (Å²) in [7, 11) is 0. The third kappa shape index (κ3) is 2.18. The molecule has 2 aromatic heterocycles. The van der Waals surface area contributed by atoms with Crippen molar-refractivity contribution in [2.24, 2.45) is 0 Å². The molecule has 2 heterocycles. The van der Waals surface area contributed by atoms with Crippen molar-refractivity contribution in [1.29, 1.82) is 0 Å². The van der Waals surface area contributed by atoms with Crippen LogP contribution in [0.5, 0.6) is 0 Å². The first-order chi connectivity index (χ1) is 10.1. The number of carboxylic acid groups (broad SMARTS) is 1. The van der Waals surface area contributed by atoms with Crippen LogP contribution in [0.1, 0.15) is 10.4 Å². The van der Waals surface area contributed by atoms with Gasteiger partial charge in [-0.1, -0.05) is 0 Å². The van der Waals surface area contributed by atoms with Crippen molar-refractivity contribution in [3.05, 3.63) is 58.3 Å². The number of aromatic carboxylic acids is 1. The van der Waals surface area contributed by atoms with Crippen molar-refractivity contribution in [2.75, 3.05) is 0 Å². The number of nitro groups is 1. The standard InChI is InChI=1S/C13H8N4O4/c18-13(19)10-2-1-7-16-12(10)14-11(15-16)8-3-5-9(6-4-8)17(20)21/h1-7H,(H,18,19). The summed E-state index contributed by atoms with van der Waals surface area (Å²) in [4.78, 5) is 25.4. The van der Waals surface area contributed by atoms with Gasteiger partial charge in [0.1, 0.15) is 5.56 Å². The second-order valence-electron chi connectivity index (χ2n) is 4.23. The molecule has 0 bridgehead atoms. The van der Waals surface area contributed by atoms with Gasteiger partial charge < -0.3 is 5.11 Å². The summed E-state index contributed by atoms with van der Waals surface area (Å²) in [6, 6.07) is 8.73. The highest BCUT2D eigenvalue weighted by atomic mass is 16.6. The van der Waals surface area contributed by atoms with Crippen LogP contribution in [-0.4, -0.2) is 30.6 Å². The van der Waals surface area contributed by atoms with Gasteiger partial charge in [-0.15, -0.1) is 5.10 Å². The molecular formula is C13H8N4O4. The number of rotatable bonds is 3. The molecule has 21 heavy (non-hydrogen) atoms. The summed E-state index contributed by atoms with van der Waals surface area (Å²) in [5.41, 5.74) is 0.797. The summed E-state index contributed by atoms with van der Waals surface area (Å²) >= 11 is 0. The molecule has 8 nitrogen and oxygen atoms in total. The number of hydrogen-bond acceptors (Lipinski definition) is 5. The Morgan fingerprint density at radius 3 is 2.57 bits per heavy atom. The fourth-order valence-electron chi connectivity index (χ4n) is 1.93. The average molecular weight is 284 g/mol. The Labute approximate surface area is 117 Å². The van der Waals surface area contributed by atoms with E-state index in [0.29, 0.717) is 11.4 Å². The molecule has 3 rings (SSSR count). The fourth-order valence-corrected chi connectivity index (χ4v) is 1.93. The van der Waals surface area contributed by atoms with E-state index in [1.54, 1.807) is 12.3 Å². The van der Waals surface area contributed by atoms with E-state index in [0.717, 1.165) is 0 Å². The van der Waals surface area contributed by atoms with Gasteiger partial charge in [-0.25, -0.2) is 14.3 Å². The van der Waals surface area contributed by atoms with Crippen LogP contribution < -0.4 is 0 Å². The molecule has 104 valence electrons. The number of aromatic nitrogens is 3. The van der Waals surface area contributed by atoms with Crippen LogP contribution in [0.25, 0.3) is 17.0 Å². The van der Waals surface area contributed by atoms with E-state index in [9.17, 15) is 14.9 Å². The highest BCUT2D eigenvalue weighted by molar-refractivity contribution is 5.94. The van der Waals surface area contributed by atoms with Crippen molar-refractivity contribution in [3.63, 3.8) is 0 Å². The molecule has 0 fully saturated rings. The van der Waals surface area contributed by atoms with Crippen LogP contribution in [-0.2, 0) is 0 Å². The molecular weight excluding hydrogens is 276 g/mol. The van der Waals surface area contributed by atoms with Gasteiger partial charge in [-0.2, -0.15) is 0 Å². The fraction of sp³-hybridized carbons (Fsp3) is 0. The highest BCUT2D eigenvalue weighted by Gasteiger charge is 2.14. The molecule has 0 atom stereocenters. The van der Waals surface area contributed by atoms with E-state index in [4.69, 9.17) is 5.11 Å². The van der Waals surface area contributed by atoms with Crippen LogP contribution in [0.4, 0.5) is 5.69 Å². The van der Waals surface area contributed by atoms with E-state index < -0.39 is 10.9 Å². The summed E-state index contributed by atoms with van der Waals surface area (Å²) < 4.78 is 1.36. The molecule has 0 aliphatic heterocycles. The zero-order valence-electron chi connectivity index (χ0n) is 10.5. The van der Waals surface area contributed by atoms with Crippen molar-refractivity contribution in [3.8, 4) is 11.4 Å². The molecule has 0 spiro atoms. The molecule has 0 radical (unpaired) electrons. The van der Waals surface area contributed by atoms with Crippen LogP contribution in [0, 0.1) is 10.1 Å². The predicted molar refractivity (Wildman–Crippen MR) is 72.0 cm³/mol. The summed E-state index contributed by atoms with van der Waals surface area (Å²) in [5.74, 6) is -0.790. The molecule has 0 amide bonds. The van der Waals surface area contributed by atoms with Gasteiger partial charge in [0, 0.05) is 23.9 Å². The number of fused-ring (bicyclic) bond motifs is 1. The molecule has 8 heteroatoms. The Hall–Kier alpha value is -3.29. The monoisotopic (exact) mass is 284 g/mol. The molecule has 3 aromatic rings. The Bertz CT molecular complexity index is 854. The zero-order chi connectivity index (χ0) is 15.0. The number of carboxylic acids is 1. The Morgan fingerprint density at radius 2 is 1.95 bits per heavy atom. The van der Waals surface area contributed by atoms with Gasteiger partial charge in [0.2, 0.25) is 0 Å². The van der Waals surface area contributed by atoms with E-state index >= 15 is 0 Å². The SMILES string of the molecule is O=C(O)c1cccn2nc(-c3ccc([N+](=O)[O-])cc3)nc12. The number of benzene rings is 1. The third-order valence-electron chi connectivity index (χ3n) is 2.93. The largest absolute Gasteiger partial charge is 0.478 e. The first-order valence-electron chi connectivity index (χ1n) is 5.90. The minimum Gasteiger partial charge on any atom is -0.478 e. The molecule has 0 aliphatic rings. The molecule has 1 aromatic carbocycles. The maximum absolute atomic E-state index is 11.1. The van der Waals surface area contributed by atoms with Gasteiger partial charge >= 0.3 is 5.97 Å². The maximum Gasteiger partial charge on any atom is 0.339 e. The second-order valence-corrected chi connectivity index (χ2v) is 4.23. The lowest BCUT2D eigenvalue weighted by atomic mass is 10.2. The van der Waals surface area contributed by atoms with Crippen molar-refractivity contribution < 1.29 is 14.8 Å². The second kappa shape index (κ2) is 4.67. The lowest BCUT2D eigenvalue weighted by Crippen LogP contribution is -2.00. The van der Waals surface area contributed by atoms with Crippen molar-refractivity contribution in [2.45, 2.75) is 0 Å². The van der Waals surface area contributed by atoms with E-state index in [-0.39, 0.29) is 16.9 Å². The van der Waals surface area contributed by atoms with Crippen molar-refractivity contribution >= 4 is 17.3 Å². The number of pyridine rings is 1. The summed E-state index contributed by atoms with van der Waals surface area (Å²) in [5, 5.41) is 23.9. The van der Waals surface area contributed by atoms with Gasteiger partial charge in [0.25, 0.3) is 5.69 Å². The molecule has 0 unspecified atom stereocenters. The molecule has 0 saturated carbocycles. The third-order valence-corrected chi connectivity index (χ3v) is 2.93. The van der Waals surface area contributed by atoms with Crippen LogP contribution in [0.15, 0.2) is 42.6 Å². The first kappa shape index (κ1) is 12.7. The smallest absolute Gasteiger partial charge is 0.339 e. The predicted octanol–water partition coefficient (Wildman–Crippen LogP) is 2.00. The minimum atomic E-state index is -1.09. The lowest BCUT2D eigenvalue weighted by molar-refractivity contribution is -0.384. The topological polar surface area (TPSA) is 111 Å². The Kier molecular flexibility index (Phi) is 2.83. The summed E-state index contributed by atoms with van der Waals surface area (Å²) in [6.07, 6.45) is 1.59. The van der Waals surface area contributed by atoms with E-state index in [1.165, 1.54) is 34.8 Å². The Morgan fingerprint density at radius 1 is 1.24 bits per heavy atom. The number of hydrogen-bond donors (Lipinski definition) is 1. The van der Waals surface area contributed by atoms with Crippen LogP contribution >= 0.6 is 0 Å². The quantitative estimate of drug-likeness (QED) is 0.581. The molecule has 0 aliphatic carbocycles. The average Bonchev–Trinajstić information content (AvgIpc) is 2.90. The Balaban J connectivity index is 2.11. The van der Waals surface area contributed by atoms with Crippen molar-refractivity contribution in [1.82, 2.24) is 14.6 Å². The first-order valence-corrected chi connectivity index (χ1v) is 5.90. The van der Waals surface area contributed by atoms with E-state index in [2.05, 4.69) is 10.1 Å². The van der Waals surface area contributed by atoms with Crippen LogP contribution in [0.2, 0.25) is 0 Å². The van der Waals surface area contributed by atoms with Crippen LogP contribution in [0.3, 0.4) is 0 Å². The van der Waals surface area contributed by atoms with Gasteiger partial charge in [0.15, 0.2) is 11.5 Å². The molecule has 0 saturated heterocycles. The normalized spacial score (nSPS) is 10.7. The van der Waals surface area contributed by atoms with Gasteiger partial charge in [0.05, 0.1) is 4.92 Å². The van der Waals surface area contributed by atoms with Gasteiger partial charge in [-0.3, -0.25) is 10.1 Å².